The van der Waals surface area contributed by atoms with Gasteiger partial charge >= 0.3 is 5.69 Å². The Hall–Kier alpha value is -2.13. The molecule has 2 rings (SSSR count). The van der Waals surface area contributed by atoms with Crippen LogP contribution in [-0.4, -0.2) is 24.1 Å². The quantitative estimate of drug-likeness (QED) is 0.647. The molecule has 0 spiro atoms. The van der Waals surface area contributed by atoms with Crippen LogP contribution in [0.15, 0.2) is 18.2 Å². The minimum Gasteiger partial charge on any atom is -0.482 e. The highest BCUT2D eigenvalue weighted by Gasteiger charge is 2.21. The number of nitrogens with zero attached hydrogens (tertiary/aromatic N) is 2. The molecule has 1 unspecified atom stereocenters. The van der Waals surface area contributed by atoms with Gasteiger partial charge in [0.05, 0.1) is 16.6 Å². The van der Waals surface area contributed by atoms with Crippen LogP contribution in [0.3, 0.4) is 0 Å². The molecule has 0 radical (unpaired) electrons. The zero-order valence-corrected chi connectivity index (χ0v) is 9.76. The lowest BCUT2D eigenvalue weighted by atomic mass is 10.1. The first kappa shape index (κ1) is 12.3. The summed E-state index contributed by atoms with van der Waals surface area (Å²) < 4.78 is 5.63. The molecular weight excluding hydrogens is 234 g/mol. The first-order chi connectivity index (χ1) is 8.70. The second-order valence-corrected chi connectivity index (χ2v) is 4.14. The first-order valence-electron chi connectivity index (χ1n) is 5.76. The van der Waals surface area contributed by atoms with Gasteiger partial charge in [0.25, 0.3) is 0 Å². The molecule has 1 aliphatic rings. The summed E-state index contributed by atoms with van der Waals surface area (Å²) in [5.74, 6) is 0.229. The Morgan fingerprint density at radius 2 is 2.39 bits per heavy atom. The Morgan fingerprint density at radius 3 is 3.00 bits per heavy atom. The predicted molar refractivity (Wildman–Crippen MR) is 64.3 cm³/mol. The van der Waals surface area contributed by atoms with E-state index in [1.54, 1.807) is 0 Å². The van der Waals surface area contributed by atoms with Crippen LogP contribution in [0.5, 0.6) is 5.75 Å². The second-order valence-electron chi connectivity index (χ2n) is 4.14. The predicted octanol–water partition coefficient (Wildman–Crippen LogP) is 1.60. The first-order valence-corrected chi connectivity index (χ1v) is 5.76. The normalized spacial score (nSPS) is 18.9. The smallest absolute Gasteiger partial charge is 0.312 e. The summed E-state index contributed by atoms with van der Waals surface area (Å²) in [6.45, 7) is 1.65. The lowest BCUT2D eigenvalue weighted by molar-refractivity contribution is -0.386. The van der Waals surface area contributed by atoms with E-state index in [2.05, 4.69) is 5.32 Å². The molecule has 1 aliphatic heterocycles. The molecule has 1 N–H and O–H groups in total. The summed E-state index contributed by atoms with van der Waals surface area (Å²) in [4.78, 5) is 10.4. The molecule has 0 aliphatic carbocycles. The van der Waals surface area contributed by atoms with Crippen molar-refractivity contribution in [3.8, 4) is 11.8 Å². The number of ether oxygens (including phenoxy) is 1. The van der Waals surface area contributed by atoms with Crippen LogP contribution in [0.1, 0.15) is 18.4 Å². The highest BCUT2D eigenvalue weighted by atomic mass is 16.6. The molecule has 1 aromatic carbocycles. The van der Waals surface area contributed by atoms with E-state index < -0.39 is 4.92 Å². The molecule has 18 heavy (non-hydrogen) atoms. The number of nitro benzene ring substituents is 1. The lowest BCUT2D eigenvalue weighted by Crippen LogP contribution is -2.37. The number of nitriles is 1. The van der Waals surface area contributed by atoms with Gasteiger partial charge in [-0.3, -0.25) is 10.1 Å². The summed E-state index contributed by atoms with van der Waals surface area (Å²) in [5.41, 5.74) is 0.107. The van der Waals surface area contributed by atoms with E-state index in [0.717, 1.165) is 19.4 Å². The molecule has 0 saturated carbocycles. The van der Waals surface area contributed by atoms with Gasteiger partial charge in [-0.1, -0.05) is 0 Å². The summed E-state index contributed by atoms with van der Waals surface area (Å²) in [7, 11) is 0. The summed E-state index contributed by atoms with van der Waals surface area (Å²) >= 11 is 0. The average molecular weight is 247 g/mol. The molecule has 1 saturated heterocycles. The molecule has 6 nitrogen and oxygen atoms in total. The maximum Gasteiger partial charge on any atom is 0.312 e. The summed E-state index contributed by atoms with van der Waals surface area (Å²) in [6.07, 6.45) is 1.82. The van der Waals surface area contributed by atoms with E-state index >= 15 is 0 Å². The zero-order chi connectivity index (χ0) is 13.0. The van der Waals surface area contributed by atoms with Gasteiger partial charge in [-0.25, -0.2) is 0 Å². The fraction of sp³-hybridized carbons (Fsp3) is 0.417. The highest BCUT2D eigenvalue weighted by molar-refractivity contribution is 5.51. The fourth-order valence-electron chi connectivity index (χ4n) is 1.93. The summed E-state index contributed by atoms with van der Waals surface area (Å²) in [6, 6.07) is 6.14. The van der Waals surface area contributed by atoms with Gasteiger partial charge in [0.1, 0.15) is 6.10 Å². The number of piperidine rings is 1. The number of hydrogen-bond donors (Lipinski definition) is 1. The van der Waals surface area contributed by atoms with Gasteiger partial charge in [0, 0.05) is 12.6 Å². The van der Waals surface area contributed by atoms with E-state index in [1.807, 2.05) is 6.07 Å². The van der Waals surface area contributed by atoms with E-state index in [4.69, 9.17) is 10.00 Å². The minimum atomic E-state index is -0.521. The van der Waals surface area contributed by atoms with E-state index in [9.17, 15) is 10.1 Å². The Morgan fingerprint density at radius 1 is 1.56 bits per heavy atom. The minimum absolute atomic E-state index is 0.0506. The van der Waals surface area contributed by atoms with Gasteiger partial charge in [0.15, 0.2) is 5.75 Å². The Bertz CT molecular complexity index is 490. The van der Waals surface area contributed by atoms with Gasteiger partial charge in [-0.05, 0) is 31.5 Å². The maximum atomic E-state index is 10.9. The molecule has 1 fully saturated rings. The third kappa shape index (κ3) is 2.76. The van der Waals surface area contributed by atoms with Crippen LogP contribution in [0.25, 0.3) is 0 Å². The number of rotatable bonds is 3. The largest absolute Gasteiger partial charge is 0.482 e. The van der Waals surface area contributed by atoms with Crippen molar-refractivity contribution in [2.75, 3.05) is 13.1 Å². The molecule has 1 heterocycles. The lowest BCUT2D eigenvalue weighted by Gasteiger charge is -2.23. The topological polar surface area (TPSA) is 88.2 Å². The standard InChI is InChI=1S/C12H13N3O3/c13-7-9-3-4-12(11(6-9)15(16)17)18-10-2-1-5-14-8-10/h3-4,6,10,14H,1-2,5,8H2. The maximum absolute atomic E-state index is 10.9. The summed E-state index contributed by atoms with van der Waals surface area (Å²) in [5, 5.41) is 22.8. The number of hydrogen-bond acceptors (Lipinski definition) is 5. The molecule has 0 bridgehead atoms. The van der Waals surface area contributed by atoms with E-state index in [0.29, 0.717) is 6.54 Å². The number of nitro groups is 1. The van der Waals surface area contributed by atoms with Crippen molar-refractivity contribution < 1.29 is 9.66 Å². The Labute approximate surface area is 104 Å². The van der Waals surface area contributed by atoms with Crippen LogP contribution in [0.4, 0.5) is 5.69 Å². The number of benzene rings is 1. The van der Waals surface area contributed by atoms with Crippen molar-refractivity contribution in [1.29, 1.82) is 5.26 Å². The third-order valence-corrected chi connectivity index (χ3v) is 2.83. The molecule has 1 atom stereocenters. The fourth-order valence-corrected chi connectivity index (χ4v) is 1.93. The van der Waals surface area contributed by atoms with Crippen molar-refractivity contribution in [3.63, 3.8) is 0 Å². The van der Waals surface area contributed by atoms with E-state index in [1.165, 1.54) is 18.2 Å². The molecule has 94 valence electrons. The van der Waals surface area contributed by atoms with Gasteiger partial charge in [-0.2, -0.15) is 5.26 Å². The Balaban J connectivity index is 2.21. The van der Waals surface area contributed by atoms with Crippen LogP contribution >= 0.6 is 0 Å². The Kier molecular flexibility index (Phi) is 3.75. The van der Waals surface area contributed by atoms with Crippen LogP contribution < -0.4 is 10.1 Å². The molecule has 1 aromatic rings. The third-order valence-electron chi connectivity index (χ3n) is 2.83. The molecule has 6 heteroatoms. The molecule has 0 amide bonds. The SMILES string of the molecule is N#Cc1ccc(OC2CCCNC2)c([N+](=O)[O-])c1. The monoisotopic (exact) mass is 247 g/mol. The molecular formula is C12H13N3O3. The van der Waals surface area contributed by atoms with E-state index in [-0.39, 0.29) is 23.1 Å². The van der Waals surface area contributed by atoms with Crippen molar-refractivity contribution in [1.82, 2.24) is 5.32 Å². The van der Waals surface area contributed by atoms with Crippen molar-refractivity contribution in [3.05, 3.63) is 33.9 Å². The zero-order valence-electron chi connectivity index (χ0n) is 9.76. The average Bonchev–Trinajstić information content (AvgIpc) is 2.40. The van der Waals surface area contributed by atoms with Crippen LogP contribution in [0.2, 0.25) is 0 Å². The van der Waals surface area contributed by atoms with Gasteiger partial charge < -0.3 is 10.1 Å². The van der Waals surface area contributed by atoms with Gasteiger partial charge in [-0.15, -0.1) is 0 Å². The van der Waals surface area contributed by atoms with Gasteiger partial charge in [0.2, 0.25) is 0 Å². The number of nitrogens with one attached hydrogen (secondary N) is 1. The van der Waals surface area contributed by atoms with Crippen molar-refractivity contribution in [2.45, 2.75) is 18.9 Å². The second kappa shape index (κ2) is 5.47. The van der Waals surface area contributed by atoms with Crippen molar-refractivity contribution >= 4 is 5.69 Å². The van der Waals surface area contributed by atoms with Crippen LogP contribution in [-0.2, 0) is 0 Å². The van der Waals surface area contributed by atoms with Crippen LogP contribution in [0, 0.1) is 21.4 Å². The van der Waals surface area contributed by atoms with Crippen molar-refractivity contribution in [2.24, 2.45) is 0 Å². The molecule has 0 aromatic heterocycles. The highest BCUT2D eigenvalue weighted by Crippen LogP contribution is 2.29.